The molecule has 0 bridgehead atoms. The van der Waals surface area contributed by atoms with Gasteiger partial charge in [-0.1, -0.05) is 24.1 Å². The van der Waals surface area contributed by atoms with Crippen LogP contribution in [0.5, 0.6) is 0 Å². The Morgan fingerprint density at radius 1 is 1.53 bits per heavy atom. The number of nitrogens with zero attached hydrogens (tertiary/aromatic N) is 1. The largest absolute Gasteiger partial charge is 0.364 e. The highest BCUT2D eigenvalue weighted by atomic mass is 127. The van der Waals surface area contributed by atoms with Crippen LogP contribution in [0.3, 0.4) is 0 Å². The van der Waals surface area contributed by atoms with E-state index in [9.17, 15) is 4.79 Å². The number of ether oxygens (including phenoxy) is 1. The summed E-state index contributed by atoms with van der Waals surface area (Å²) < 4.78 is 6.36. The predicted octanol–water partition coefficient (Wildman–Crippen LogP) is 2.19. The van der Waals surface area contributed by atoms with Crippen LogP contribution in [0.2, 0.25) is 0 Å². The van der Waals surface area contributed by atoms with Gasteiger partial charge in [0.25, 0.3) is 5.91 Å². The van der Waals surface area contributed by atoms with Gasteiger partial charge in [0.15, 0.2) is 0 Å². The van der Waals surface area contributed by atoms with Crippen LogP contribution in [-0.2, 0) is 16.2 Å². The minimum absolute atomic E-state index is 0.223. The van der Waals surface area contributed by atoms with Crippen LogP contribution in [0.25, 0.3) is 0 Å². The first-order valence-electron chi connectivity index (χ1n) is 4.84. The van der Waals surface area contributed by atoms with E-state index in [1.54, 1.807) is 35.0 Å². The Labute approximate surface area is 114 Å². The van der Waals surface area contributed by atoms with E-state index in [-0.39, 0.29) is 12.5 Å². The molecule has 0 aliphatic heterocycles. The molecule has 4 nitrogen and oxygen atoms in total. The summed E-state index contributed by atoms with van der Waals surface area (Å²) >= 11 is 1.79. The number of amides is 1. The zero-order chi connectivity index (χ0) is 12.7. The van der Waals surface area contributed by atoms with Crippen LogP contribution in [0.15, 0.2) is 24.3 Å². The second-order valence-corrected chi connectivity index (χ2v) is 3.96. The average molecular weight is 345 g/mol. The first-order valence-corrected chi connectivity index (χ1v) is 5.80. The molecule has 1 aromatic rings. The summed E-state index contributed by atoms with van der Waals surface area (Å²) in [5, 5.41) is 0. The summed E-state index contributed by atoms with van der Waals surface area (Å²) in [5.74, 6) is 2.15. The molecule has 0 saturated carbocycles. The Kier molecular flexibility index (Phi) is 5.97. The topological polar surface area (TPSA) is 38.8 Å². The summed E-state index contributed by atoms with van der Waals surface area (Å²) in [6.07, 6.45) is 5.09. The number of terminal acetylenes is 1. The van der Waals surface area contributed by atoms with Gasteiger partial charge in [0, 0.05) is 5.56 Å². The lowest BCUT2D eigenvalue weighted by atomic mass is 10.1. The first kappa shape index (κ1) is 14.0. The van der Waals surface area contributed by atoms with Gasteiger partial charge in [-0.25, -0.2) is 0 Å². The molecule has 0 spiro atoms. The van der Waals surface area contributed by atoms with Gasteiger partial charge in [-0.2, -0.15) is 3.28 Å². The molecule has 0 aliphatic rings. The maximum Gasteiger partial charge on any atom is 0.287 e. The molecule has 0 N–H and O–H groups in total. The Morgan fingerprint density at radius 2 is 2.24 bits per heavy atom. The molecular formula is C12H12INO3. The standard InChI is InChI=1S/C12H12INO3/c1-3-8-17-9-10-6-4-5-7-11(10)12(15)14(13)16-2/h1,4-7H,8-9H2,2H3. The Hall–Kier alpha value is -1.10. The van der Waals surface area contributed by atoms with Crippen LogP contribution in [0, 0.1) is 12.3 Å². The summed E-state index contributed by atoms with van der Waals surface area (Å²) in [6.45, 7) is 0.529. The third kappa shape index (κ3) is 4.00. The van der Waals surface area contributed by atoms with Gasteiger partial charge in [-0.05, 0) is 11.6 Å². The van der Waals surface area contributed by atoms with Crippen molar-refractivity contribution >= 4 is 28.8 Å². The van der Waals surface area contributed by atoms with Gasteiger partial charge < -0.3 is 4.74 Å². The maximum atomic E-state index is 11.9. The van der Waals surface area contributed by atoms with Gasteiger partial charge in [0.2, 0.25) is 0 Å². The van der Waals surface area contributed by atoms with Crippen LogP contribution < -0.4 is 0 Å². The third-order valence-corrected chi connectivity index (χ3v) is 2.84. The van der Waals surface area contributed by atoms with Crippen molar-refractivity contribution in [3.05, 3.63) is 35.4 Å². The fraction of sp³-hybridized carbons (Fsp3) is 0.250. The normalized spacial score (nSPS) is 9.71. The molecular weight excluding hydrogens is 333 g/mol. The lowest BCUT2D eigenvalue weighted by Crippen LogP contribution is -2.21. The molecule has 17 heavy (non-hydrogen) atoms. The van der Waals surface area contributed by atoms with E-state index in [2.05, 4.69) is 5.92 Å². The van der Waals surface area contributed by atoms with Crippen LogP contribution in [-0.4, -0.2) is 22.9 Å². The number of halogens is 1. The average Bonchev–Trinajstić information content (AvgIpc) is 2.38. The molecule has 1 aromatic carbocycles. The first-order chi connectivity index (χ1) is 8.20. The second-order valence-electron chi connectivity index (χ2n) is 3.09. The summed E-state index contributed by atoms with van der Waals surface area (Å²) in [7, 11) is 1.43. The molecule has 1 rings (SSSR count). The number of carbonyl (C=O) groups excluding carboxylic acids is 1. The second kappa shape index (κ2) is 7.27. The van der Waals surface area contributed by atoms with Crippen molar-refractivity contribution in [2.24, 2.45) is 0 Å². The molecule has 0 atom stereocenters. The lowest BCUT2D eigenvalue weighted by Gasteiger charge is -2.13. The Bertz CT molecular complexity index is 428. The zero-order valence-electron chi connectivity index (χ0n) is 9.35. The van der Waals surface area contributed by atoms with Crippen molar-refractivity contribution in [1.29, 1.82) is 0 Å². The van der Waals surface area contributed by atoms with E-state index >= 15 is 0 Å². The molecule has 0 heterocycles. The number of rotatable bonds is 5. The van der Waals surface area contributed by atoms with Crippen molar-refractivity contribution in [2.45, 2.75) is 6.61 Å². The summed E-state index contributed by atoms with van der Waals surface area (Å²) in [5.41, 5.74) is 1.33. The quantitative estimate of drug-likeness (QED) is 0.270. The highest BCUT2D eigenvalue weighted by Crippen LogP contribution is 2.15. The zero-order valence-corrected chi connectivity index (χ0v) is 11.5. The number of hydroxylamine groups is 1. The van der Waals surface area contributed by atoms with Gasteiger partial charge in [0.1, 0.15) is 6.61 Å². The van der Waals surface area contributed by atoms with Crippen molar-refractivity contribution < 1.29 is 14.4 Å². The minimum atomic E-state index is -0.229. The van der Waals surface area contributed by atoms with Crippen LogP contribution in [0.4, 0.5) is 0 Å². The van der Waals surface area contributed by atoms with Crippen molar-refractivity contribution in [3.8, 4) is 12.3 Å². The van der Waals surface area contributed by atoms with E-state index in [4.69, 9.17) is 16.0 Å². The molecule has 0 saturated heterocycles. The molecule has 5 heteroatoms. The monoisotopic (exact) mass is 345 g/mol. The smallest absolute Gasteiger partial charge is 0.287 e. The third-order valence-electron chi connectivity index (χ3n) is 2.01. The fourth-order valence-corrected chi connectivity index (χ4v) is 1.51. The van der Waals surface area contributed by atoms with Gasteiger partial charge in [-0.3, -0.25) is 9.63 Å². The van der Waals surface area contributed by atoms with Gasteiger partial charge in [-0.15, -0.1) is 6.42 Å². The Balaban J connectivity index is 2.84. The molecule has 0 aromatic heterocycles. The number of carbonyl (C=O) groups is 1. The molecule has 0 aliphatic carbocycles. The van der Waals surface area contributed by atoms with Crippen molar-refractivity contribution in [2.75, 3.05) is 13.7 Å². The lowest BCUT2D eigenvalue weighted by molar-refractivity contribution is -0.00585. The van der Waals surface area contributed by atoms with E-state index in [1.807, 2.05) is 12.1 Å². The van der Waals surface area contributed by atoms with E-state index < -0.39 is 0 Å². The van der Waals surface area contributed by atoms with Gasteiger partial charge >= 0.3 is 0 Å². The number of benzene rings is 1. The highest BCUT2D eigenvalue weighted by Gasteiger charge is 2.16. The summed E-state index contributed by atoms with van der Waals surface area (Å²) in [6, 6.07) is 7.18. The maximum absolute atomic E-state index is 11.9. The Morgan fingerprint density at radius 3 is 2.88 bits per heavy atom. The molecule has 0 fully saturated rings. The van der Waals surface area contributed by atoms with Gasteiger partial charge in [0.05, 0.1) is 36.6 Å². The molecule has 1 amide bonds. The minimum Gasteiger partial charge on any atom is -0.364 e. The van der Waals surface area contributed by atoms with E-state index in [0.717, 1.165) is 8.84 Å². The molecule has 0 radical (unpaired) electrons. The number of hydrogen-bond acceptors (Lipinski definition) is 3. The molecule has 90 valence electrons. The van der Waals surface area contributed by atoms with Crippen LogP contribution in [0.1, 0.15) is 15.9 Å². The van der Waals surface area contributed by atoms with Crippen molar-refractivity contribution in [1.82, 2.24) is 3.28 Å². The molecule has 0 unspecified atom stereocenters. The van der Waals surface area contributed by atoms with E-state index in [0.29, 0.717) is 12.2 Å². The predicted molar refractivity (Wildman–Crippen MR) is 72.1 cm³/mol. The summed E-state index contributed by atoms with van der Waals surface area (Å²) in [4.78, 5) is 16.8. The van der Waals surface area contributed by atoms with E-state index in [1.165, 1.54) is 7.11 Å². The number of hydrogen-bond donors (Lipinski definition) is 0. The highest BCUT2D eigenvalue weighted by molar-refractivity contribution is 14.1. The SMILES string of the molecule is C#CCOCc1ccccc1C(=O)N(I)OC. The fourth-order valence-electron chi connectivity index (χ4n) is 1.25. The van der Waals surface area contributed by atoms with Crippen LogP contribution >= 0.6 is 22.9 Å². The van der Waals surface area contributed by atoms with Crippen molar-refractivity contribution in [3.63, 3.8) is 0 Å².